The molecule has 0 aliphatic rings. The summed E-state index contributed by atoms with van der Waals surface area (Å²) in [6, 6.07) is 1.73. The molecule has 56 valence electrons. The van der Waals surface area contributed by atoms with Crippen molar-refractivity contribution in [2.24, 2.45) is 0 Å². The van der Waals surface area contributed by atoms with E-state index in [-0.39, 0.29) is 12.6 Å². The van der Waals surface area contributed by atoms with E-state index in [1.54, 1.807) is 21.1 Å². The zero-order chi connectivity index (χ0) is 8.15. The fourth-order valence-corrected chi connectivity index (χ4v) is 0.515. The Hall–Kier alpha value is -1.24. The van der Waals surface area contributed by atoms with Crippen LogP contribution in [0.15, 0.2) is 0 Å². The van der Waals surface area contributed by atoms with Gasteiger partial charge in [0.2, 0.25) is 0 Å². The summed E-state index contributed by atoms with van der Waals surface area (Å²) < 4.78 is 0. The van der Waals surface area contributed by atoms with E-state index < -0.39 is 0 Å². The molecule has 0 bridgehead atoms. The van der Waals surface area contributed by atoms with Crippen molar-refractivity contribution in [1.29, 1.82) is 5.26 Å². The summed E-state index contributed by atoms with van der Waals surface area (Å²) in [4.78, 5) is 13.7. The van der Waals surface area contributed by atoms with Crippen LogP contribution in [-0.2, 0) is 0 Å². The van der Waals surface area contributed by atoms with Crippen molar-refractivity contribution in [3.8, 4) is 6.07 Å². The molecule has 0 radical (unpaired) electrons. The van der Waals surface area contributed by atoms with Gasteiger partial charge in [0.05, 0.1) is 6.07 Å². The van der Waals surface area contributed by atoms with Gasteiger partial charge in [0.25, 0.3) is 0 Å². The van der Waals surface area contributed by atoms with Crippen LogP contribution < -0.4 is 0 Å². The predicted molar refractivity (Wildman–Crippen MR) is 37.3 cm³/mol. The Balaban J connectivity index is 3.85. The number of urea groups is 1. The Morgan fingerprint density at radius 2 is 2.00 bits per heavy atom. The number of nitriles is 1. The minimum absolute atomic E-state index is 0.136. The lowest BCUT2D eigenvalue weighted by Gasteiger charge is -2.18. The highest BCUT2D eigenvalue weighted by molar-refractivity contribution is 5.73. The van der Waals surface area contributed by atoms with E-state index in [2.05, 4.69) is 0 Å². The second-order valence-electron chi connectivity index (χ2n) is 2.19. The molecule has 0 fully saturated rings. The second-order valence-corrected chi connectivity index (χ2v) is 2.19. The summed E-state index contributed by atoms with van der Waals surface area (Å²) in [6.45, 7) is 0.136. The third kappa shape index (κ3) is 2.35. The average molecular weight is 141 g/mol. The molecule has 4 nitrogen and oxygen atoms in total. The minimum Gasteiger partial charge on any atom is -0.331 e. The number of rotatable bonds is 1. The maximum Gasteiger partial charge on any atom is 0.320 e. The Bertz CT molecular complexity index is 159. The second kappa shape index (κ2) is 3.72. The van der Waals surface area contributed by atoms with Gasteiger partial charge in [-0.15, -0.1) is 0 Å². The maximum atomic E-state index is 10.9. The van der Waals surface area contributed by atoms with Crippen molar-refractivity contribution >= 4 is 6.03 Å². The van der Waals surface area contributed by atoms with Crippen LogP contribution in [0.25, 0.3) is 0 Å². The normalized spacial score (nSPS) is 8.20. The van der Waals surface area contributed by atoms with E-state index in [0.717, 1.165) is 0 Å². The third-order valence-electron chi connectivity index (χ3n) is 1.02. The topological polar surface area (TPSA) is 47.3 Å². The molecule has 0 aliphatic carbocycles. The zero-order valence-corrected chi connectivity index (χ0v) is 6.46. The van der Waals surface area contributed by atoms with Crippen molar-refractivity contribution < 1.29 is 4.79 Å². The Morgan fingerprint density at radius 3 is 2.30 bits per heavy atom. The van der Waals surface area contributed by atoms with Crippen LogP contribution in [-0.4, -0.2) is 43.5 Å². The van der Waals surface area contributed by atoms with Gasteiger partial charge >= 0.3 is 6.03 Å². The molecular weight excluding hydrogens is 130 g/mol. The summed E-state index contributed by atoms with van der Waals surface area (Å²) in [7, 11) is 4.89. The smallest absolute Gasteiger partial charge is 0.320 e. The molecule has 2 amide bonds. The van der Waals surface area contributed by atoms with Gasteiger partial charge in [-0.2, -0.15) is 5.26 Å². The van der Waals surface area contributed by atoms with Crippen molar-refractivity contribution in [1.82, 2.24) is 9.80 Å². The lowest BCUT2D eigenvalue weighted by atomic mass is 10.6. The Labute approximate surface area is 60.6 Å². The molecule has 0 N–H and O–H groups in total. The molecule has 0 aliphatic heterocycles. The highest BCUT2D eigenvalue weighted by Gasteiger charge is 2.08. The van der Waals surface area contributed by atoms with Crippen molar-refractivity contribution in [3.63, 3.8) is 0 Å². The average Bonchev–Trinajstić information content (AvgIpc) is 1.87. The van der Waals surface area contributed by atoms with Crippen LogP contribution in [0.2, 0.25) is 0 Å². The van der Waals surface area contributed by atoms with Gasteiger partial charge in [-0.25, -0.2) is 4.79 Å². The van der Waals surface area contributed by atoms with Crippen LogP contribution in [0.5, 0.6) is 0 Å². The van der Waals surface area contributed by atoms with E-state index in [1.165, 1.54) is 9.80 Å². The molecule has 0 spiro atoms. The van der Waals surface area contributed by atoms with Crippen molar-refractivity contribution in [2.45, 2.75) is 0 Å². The number of hydrogen-bond acceptors (Lipinski definition) is 2. The van der Waals surface area contributed by atoms with E-state index in [9.17, 15) is 4.79 Å². The molecule has 0 rings (SSSR count). The molecule has 0 aromatic heterocycles. The number of nitrogens with zero attached hydrogens (tertiary/aromatic N) is 3. The summed E-state index contributed by atoms with van der Waals surface area (Å²) in [5.74, 6) is 0. The molecule has 0 atom stereocenters. The molecule has 0 heterocycles. The van der Waals surface area contributed by atoms with E-state index in [1.807, 2.05) is 6.07 Å². The van der Waals surface area contributed by atoms with E-state index in [0.29, 0.717) is 0 Å². The number of carbonyl (C=O) groups excluding carboxylic acids is 1. The van der Waals surface area contributed by atoms with Crippen LogP contribution in [0.4, 0.5) is 4.79 Å². The lowest BCUT2D eigenvalue weighted by Crippen LogP contribution is -2.36. The SMILES string of the molecule is CN(C)C(=O)N(C)CC#N. The Kier molecular flexibility index (Phi) is 3.26. The van der Waals surface area contributed by atoms with Gasteiger partial charge in [-0.1, -0.05) is 0 Å². The number of carbonyl (C=O) groups is 1. The van der Waals surface area contributed by atoms with Crippen LogP contribution in [0.3, 0.4) is 0 Å². The highest BCUT2D eigenvalue weighted by Crippen LogP contribution is 1.87. The van der Waals surface area contributed by atoms with Gasteiger partial charge in [-0.3, -0.25) is 0 Å². The molecule has 4 heteroatoms. The van der Waals surface area contributed by atoms with Gasteiger partial charge in [0, 0.05) is 21.1 Å². The first-order chi connectivity index (χ1) is 4.59. The van der Waals surface area contributed by atoms with E-state index in [4.69, 9.17) is 5.26 Å². The predicted octanol–water partition coefficient (Wildman–Crippen LogP) is 0.123. The van der Waals surface area contributed by atoms with Crippen molar-refractivity contribution in [2.75, 3.05) is 27.7 Å². The first kappa shape index (κ1) is 8.76. The van der Waals surface area contributed by atoms with Gasteiger partial charge in [0.15, 0.2) is 0 Å². The van der Waals surface area contributed by atoms with Gasteiger partial charge < -0.3 is 9.80 Å². The van der Waals surface area contributed by atoms with Crippen LogP contribution >= 0.6 is 0 Å². The number of hydrogen-bond donors (Lipinski definition) is 0. The Morgan fingerprint density at radius 1 is 1.50 bits per heavy atom. The lowest BCUT2D eigenvalue weighted by molar-refractivity contribution is 0.187. The molecule has 0 saturated heterocycles. The van der Waals surface area contributed by atoms with Gasteiger partial charge in [-0.05, 0) is 0 Å². The molecule has 0 aromatic carbocycles. The summed E-state index contributed by atoms with van der Waals surface area (Å²) >= 11 is 0. The summed E-state index contributed by atoms with van der Waals surface area (Å²) in [6.07, 6.45) is 0. The number of amides is 2. The van der Waals surface area contributed by atoms with Crippen LogP contribution in [0.1, 0.15) is 0 Å². The monoisotopic (exact) mass is 141 g/mol. The largest absolute Gasteiger partial charge is 0.331 e. The summed E-state index contributed by atoms with van der Waals surface area (Å²) in [5, 5.41) is 8.20. The third-order valence-corrected chi connectivity index (χ3v) is 1.02. The highest BCUT2D eigenvalue weighted by atomic mass is 16.2. The van der Waals surface area contributed by atoms with Crippen molar-refractivity contribution in [3.05, 3.63) is 0 Å². The first-order valence-corrected chi connectivity index (χ1v) is 2.89. The molecule has 0 aromatic rings. The first-order valence-electron chi connectivity index (χ1n) is 2.89. The minimum atomic E-state index is -0.151. The quantitative estimate of drug-likeness (QED) is 0.487. The molecule has 0 unspecified atom stereocenters. The van der Waals surface area contributed by atoms with Crippen LogP contribution in [0, 0.1) is 11.3 Å². The maximum absolute atomic E-state index is 10.9. The zero-order valence-electron chi connectivity index (χ0n) is 6.46. The fourth-order valence-electron chi connectivity index (χ4n) is 0.515. The van der Waals surface area contributed by atoms with E-state index >= 15 is 0 Å². The molecule has 10 heavy (non-hydrogen) atoms. The van der Waals surface area contributed by atoms with Gasteiger partial charge in [0.1, 0.15) is 6.54 Å². The standard InChI is InChI=1S/C6H11N3O/c1-8(2)6(10)9(3)5-4-7/h5H2,1-3H3. The molecular formula is C6H11N3O. The fraction of sp³-hybridized carbons (Fsp3) is 0.667. The summed E-state index contributed by atoms with van der Waals surface area (Å²) in [5.41, 5.74) is 0. The molecule has 0 saturated carbocycles.